The van der Waals surface area contributed by atoms with E-state index in [4.69, 9.17) is 10.5 Å². The molecule has 4 heterocycles. The van der Waals surface area contributed by atoms with Gasteiger partial charge in [-0.25, -0.2) is 9.97 Å². The van der Waals surface area contributed by atoms with Crippen LogP contribution in [-0.2, 0) is 4.74 Å². The maximum atomic E-state index is 10.3. The predicted molar refractivity (Wildman–Crippen MR) is 88.3 cm³/mol. The van der Waals surface area contributed by atoms with Gasteiger partial charge >= 0.3 is 0 Å². The van der Waals surface area contributed by atoms with Crippen molar-refractivity contribution in [2.24, 2.45) is 0 Å². The van der Waals surface area contributed by atoms with Gasteiger partial charge in [-0.05, 0) is 22.4 Å². The summed E-state index contributed by atoms with van der Waals surface area (Å²) >= 11 is 1.55. The van der Waals surface area contributed by atoms with E-state index in [9.17, 15) is 15.3 Å². The van der Waals surface area contributed by atoms with Crippen LogP contribution in [0.25, 0.3) is 22.2 Å². The van der Waals surface area contributed by atoms with Crippen LogP contribution in [0.3, 0.4) is 0 Å². The number of nitrogens with two attached hydrogens (primary N) is 1. The number of anilines is 1. The molecule has 126 valence electrons. The first-order valence-electron chi connectivity index (χ1n) is 7.38. The maximum Gasteiger partial charge on any atom is 0.164 e. The molecule has 1 aliphatic rings. The van der Waals surface area contributed by atoms with Gasteiger partial charge in [-0.3, -0.25) is 0 Å². The lowest BCUT2D eigenvalue weighted by molar-refractivity contribution is -0.0508. The molecule has 5 N–H and O–H groups in total. The summed E-state index contributed by atoms with van der Waals surface area (Å²) in [6.45, 7) is -0.386. The highest BCUT2D eigenvalue weighted by Gasteiger charge is 2.44. The third-order valence-electron chi connectivity index (χ3n) is 4.26. The number of ether oxygens (including phenoxy) is 1. The minimum absolute atomic E-state index is 0.326. The summed E-state index contributed by atoms with van der Waals surface area (Å²) in [5.74, 6) is 0.326. The summed E-state index contributed by atoms with van der Waals surface area (Å²) in [7, 11) is 0. The van der Waals surface area contributed by atoms with E-state index in [-0.39, 0.29) is 6.61 Å². The van der Waals surface area contributed by atoms with Crippen LogP contribution in [0.2, 0.25) is 0 Å². The number of aromatic nitrogens is 3. The zero-order valence-electron chi connectivity index (χ0n) is 12.5. The summed E-state index contributed by atoms with van der Waals surface area (Å²) < 4.78 is 7.24. The van der Waals surface area contributed by atoms with Gasteiger partial charge in [0.1, 0.15) is 36.1 Å². The monoisotopic (exact) mass is 348 g/mol. The van der Waals surface area contributed by atoms with Crippen LogP contribution in [-0.4, -0.2) is 54.8 Å². The van der Waals surface area contributed by atoms with Gasteiger partial charge in [0.05, 0.1) is 12.0 Å². The molecule has 3 aromatic rings. The Balaban J connectivity index is 1.90. The molecule has 0 aliphatic carbocycles. The topological polar surface area (TPSA) is 127 Å². The van der Waals surface area contributed by atoms with Crippen molar-refractivity contribution in [3.63, 3.8) is 0 Å². The molecule has 1 aliphatic heterocycles. The van der Waals surface area contributed by atoms with E-state index in [1.54, 1.807) is 22.1 Å². The maximum absolute atomic E-state index is 10.3. The number of hydrogen-bond acceptors (Lipinski definition) is 8. The van der Waals surface area contributed by atoms with Crippen molar-refractivity contribution < 1.29 is 20.1 Å². The minimum Gasteiger partial charge on any atom is -0.394 e. The molecule has 24 heavy (non-hydrogen) atoms. The Morgan fingerprint density at radius 1 is 1.29 bits per heavy atom. The standard InChI is InChI=1S/C15H16N4O4S/c16-13-10-8(7-1-2-24-5-7)3-19(14(10)18-6-17-13)15-12(22)11(21)9(4-20)23-15/h1-3,5-6,9,11-12,15,20-22H,4H2,(H2,16,17,18). The molecule has 1 fully saturated rings. The van der Waals surface area contributed by atoms with E-state index in [0.717, 1.165) is 11.1 Å². The van der Waals surface area contributed by atoms with E-state index in [0.29, 0.717) is 16.9 Å². The Labute approximate surface area is 140 Å². The average molecular weight is 348 g/mol. The molecular formula is C15H16N4O4S. The SMILES string of the molecule is Nc1ncnc2c1c(-c1ccsc1)cn2C1OC(CO)C(O)C1O. The fraction of sp³-hybridized carbons (Fsp3) is 0.333. The normalized spacial score (nSPS) is 27.1. The molecule has 1 saturated heterocycles. The van der Waals surface area contributed by atoms with E-state index in [2.05, 4.69) is 9.97 Å². The Hall–Kier alpha value is -2.04. The molecule has 3 aromatic heterocycles. The Kier molecular flexibility index (Phi) is 3.74. The third kappa shape index (κ3) is 2.21. The van der Waals surface area contributed by atoms with Crippen LogP contribution >= 0.6 is 11.3 Å². The van der Waals surface area contributed by atoms with Crippen molar-refractivity contribution >= 4 is 28.2 Å². The molecule has 0 bridgehead atoms. The van der Waals surface area contributed by atoms with Crippen LogP contribution in [0.4, 0.5) is 5.82 Å². The number of thiophene rings is 1. The van der Waals surface area contributed by atoms with E-state index >= 15 is 0 Å². The number of nitrogens with zero attached hydrogens (tertiary/aromatic N) is 3. The molecule has 0 saturated carbocycles. The van der Waals surface area contributed by atoms with Crippen LogP contribution in [0, 0.1) is 0 Å². The quantitative estimate of drug-likeness (QED) is 0.538. The van der Waals surface area contributed by atoms with E-state index < -0.39 is 24.5 Å². The lowest BCUT2D eigenvalue weighted by Gasteiger charge is -2.17. The van der Waals surface area contributed by atoms with Gasteiger partial charge in [-0.2, -0.15) is 11.3 Å². The van der Waals surface area contributed by atoms with Gasteiger partial charge in [-0.15, -0.1) is 0 Å². The molecule has 9 heteroatoms. The van der Waals surface area contributed by atoms with Gasteiger partial charge < -0.3 is 30.4 Å². The van der Waals surface area contributed by atoms with Gasteiger partial charge in [-0.1, -0.05) is 0 Å². The Bertz CT molecular complexity index is 866. The smallest absolute Gasteiger partial charge is 0.164 e. The van der Waals surface area contributed by atoms with Crippen molar-refractivity contribution in [3.05, 3.63) is 29.4 Å². The second-order valence-corrected chi connectivity index (χ2v) is 6.43. The first-order chi connectivity index (χ1) is 11.6. The zero-order valence-corrected chi connectivity index (χ0v) is 13.3. The fourth-order valence-corrected chi connectivity index (χ4v) is 3.70. The largest absolute Gasteiger partial charge is 0.394 e. The van der Waals surface area contributed by atoms with Gasteiger partial charge in [0.25, 0.3) is 0 Å². The third-order valence-corrected chi connectivity index (χ3v) is 4.95. The molecule has 4 unspecified atom stereocenters. The van der Waals surface area contributed by atoms with Gasteiger partial charge in [0, 0.05) is 11.8 Å². The Morgan fingerprint density at radius 2 is 2.12 bits per heavy atom. The molecule has 0 spiro atoms. The molecule has 0 aromatic carbocycles. The molecule has 4 rings (SSSR count). The average Bonchev–Trinajstić information content (AvgIpc) is 3.28. The molecule has 4 atom stereocenters. The van der Waals surface area contributed by atoms with Crippen LogP contribution in [0.15, 0.2) is 29.4 Å². The lowest BCUT2D eigenvalue weighted by Crippen LogP contribution is -2.33. The van der Waals surface area contributed by atoms with Crippen LogP contribution < -0.4 is 5.73 Å². The second kappa shape index (κ2) is 5.80. The fourth-order valence-electron chi connectivity index (χ4n) is 3.05. The number of hydrogen-bond donors (Lipinski definition) is 4. The molecule has 0 amide bonds. The Morgan fingerprint density at radius 3 is 2.79 bits per heavy atom. The number of aliphatic hydroxyl groups excluding tert-OH is 3. The summed E-state index contributed by atoms with van der Waals surface area (Å²) in [5.41, 5.74) is 8.31. The summed E-state index contributed by atoms with van der Waals surface area (Å²) in [6, 6.07) is 1.95. The number of aliphatic hydroxyl groups is 3. The first kappa shape index (κ1) is 15.5. The van der Waals surface area contributed by atoms with Gasteiger partial charge in [0.15, 0.2) is 6.23 Å². The lowest BCUT2D eigenvalue weighted by atomic mass is 10.1. The highest BCUT2D eigenvalue weighted by atomic mass is 32.1. The van der Waals surface area contributed by atoms with Crippen molar-refractivity contribution in [2.45, 2.75) is 24.5 Å². The van der Waals surface area contributed by atoms with Crippen molar-refractivity contribution in [2.75, 3.05) is 12.3 Å². The zero-order chi connectivity index (χ0) is 16.8. The van der Waals surface area contributed by atoms with Crippen LogP contribution in [0.1, 0.15) is 6.23 Å². The highest BCUT2D eigenvalue weighted by Crippen LogP contribution is 2.38. The summed E-state index contributed by atoms with van der Waals surface area (Å²) in [4.78, 5) is 8.31. The van der Waals surface area contributed by atoms with Gasteiger partial charge in [0.2, 0.25) is 0 Å². The number of rotatable bonds is 3. The molecule has 0 radical (unpaired) electrons. The summed E-state index contributed by atoms with van der Waals surface area (Å²) in [6.07, 6.45) is -0.983. The van der Waals surface area contributed by atoms with Crippen molar-refractivity contribution in [1.82, 2.24) is 14.5 Å². The predicted octanol–water partition coefficient (Wildman–Crippen LogP) is 0.353. The highest BCUT2D eigenvalue weighted by molar-refractivity contribution is 7.08. The second-order valence-electron chi connectivity index (χ2n) is 5.65. The van der Waals surface area contributed by atoms with Crippen molar-refractivity contribution in [3.8, 4) is 11.1 Å². The number of fused-ring (bicyclic) bond motifs is 1. The van der Waals surface area contributed by atoms with Crippen LogP contribution in [0.5, 0.6) is 0 Å². The van der Waals surface area contributed by atoms with Crippen molar-refractivity contribution in [1.29, 1.82) is 0 Å². The summed E-state index contributed by atoms with van der Waals surface area (Å²) in [5, 5.41) is 34.2. The first-order valence-corrected chi connectivity index (χ1v) is 8.32. The number of nitrogen functional groups attached to an aromatic ring is 1. The molecule has 8 nitrogen and oxygen atoms in total. The van der Waals surface area contributed by atoms with E-state index in [1.165, 1.54) is 6.33 Å². The minimum atomic E-state index is -1.19. The molecular weight excluding hydrogens is 332 g/mol. The van der Waals surface area contributed by atoms with E-state index in [1.807, 2.05) is 16.8 Å².